The van der Waals surface area contributed by atoms with E-state index in [9.17, 15) is 14.4 Å². The zero-order valence-electron chi connectivity index (χ0n) is 18.8. The Morgan fingerprint density at radius 1 is 1.26 bits per heavy atom. The van der Waals surface area contributed by atoms with Crippen molar-refractivity contribution in [1.29, 1.82) is 0 Å². The second-order valence-corrected chi connectivity index (χ2v) is 8.88. The molecule has 10 heteroatoms. The van der Waals surface area contributed by atoms with Gasteiger partial charge in [0.1, 0.15) is 5.82 Å². The predicted molar refractivity (Wildman–Crippen MR) is 127 cm³/mol. The number of hydrogen-bond acceptors (Lipinski definition) is 5. The Bertz CT molecular complexity index is 1250. The van der Waals surface area contributed by atoms with Crippen LogP contribution in [0.4, 0.5) is 0 Å². The number of aromatic nitrogens is 4. The normalized spacial score (nSPS) is 15.2. The van der Waals surface area contributed by atoms with E-state index in [2.05, 4.69) is 17.0 Å². The largest absolute Gasteiger partial charge is 0.478 e. The van der Waals surface area contributed by atoms with Crippen molar-refractivity contribution in [3.8, 4) is 11.4 Å². The molecule has 1 amide bonds. The van der Waals surface area contributed by atoms with Crippen LogP contribution in [0.2, 0.25) is 5.02 Å². The Kier molecular flexibility index (Phi) is 7.12. The number of fused-ring (bicyclic) bond motifs is 1. The van der Waals surface area contributed by atoms with Crippen LogP contribution in [0.15, 0.2) is 41.5 Å². The number of nitrogens with zero attached hydrogens (tertiary/aromatic N) is 4. The number of aryl methyl sites for hydroxylation is 1. The monoisotopic (exact) mass is 483 g/mol. The lowest BCUT2D eigenvalue weighted by atomic mass is 9.90. The van der Waals surface area contributed by atoms with Crippen molar-refractivity contribution >= 4 is 23.5 Å². The molecule has 2 aromatic heterocycles. The van der Waals surface area contributed by atoms with Crippen LogP contribution in [-0.2, 0) is 17.9 Å². The van der Waals surface area contributed by atoms with Gasteiger partial charge in [-0.1, -0.05) is 31.4 Å². The van der Waals surface area contributed by atoms with Crippen LogP contribution >= 0.6 is 11.6 Å². The SMILES string of the molecule is CCCCC1CN(C(=O)CCn2cc(C(=O)O)cn2)Cc2c1nc(-c1ccc(Cl)cc1)[nH]c2=O. The topological polar surface area (TPSA) is 121 Å². The fraction of sp³-hybridized carbons (Fsp3) is 0.375. The minimum absolute atomic E-state index is 0.0377. The number of nitrogens with one attached hydrogen (secondary N) is 1. The number of benzene rings is 1. The predicted octanol–water partition coefficient (Wildman–Crippen LogP) is 3.69. The second-order valence-electron chi connectivity index (χ2n) is 8.45. The average molecular weight is 484 g/mol. The average Bonchev–Trinajstić information content (AvgIpc) is 3.31. The van der Waals surface area contributed by atoms with Gasteiger partial charge < -0.3 is 15.0 Å². The number of aromatic carboxylic acids is 1. The quantitative estimate of drug-likeness (QED) is 0.504. The first-order valence-electron chi connectivity index (χ1n) is 11.3. The molecular formula is C24H26ClN5O4. The molecule has 0 saturated heterocycles. The number of carbonyl (C=O) groups is 2. The van der Waals surface area contributed by atoms with E-state index in [1.54, 1.807) is 17.0 Å². The van der Waals surface area contributed by atoms with Gasteiger partial charge in [0.2, 0.25) is 5.91 Å². The lowest BCUT2D eigenvalue weighted by molar-refractivity contribution is -0.132. The number of unbranched alkanes of at least 4 members (excludes halogenated alkanes) is 1. The molecule has 0 aliphatic carbocycles. The molecule has 2 N–H and O–H groups in total. The Morgan fingerprint density at radius 3 is 2.71 bits per heavy atom. The smallest absolute Gasteiger partial charge is 0.338 e. The van der Waals surface area contributed by atoms with Crippen molar-refractivity contribution in [3.05, 3.63) is 68.9 Å². The van der Waals surface area contributed by atoms with Crippen LogP contribution in [-0.4, -0.2) is 48.2 Å². The van der Waals surface area contributed by atoms with E-state index >= 15 is 0 Å². The first-order chi connectivity index (χ1) is 16.4. The van der Waals surface area contributed by atoms with E-state index < -0.39 is 5.97 Å². The summed E-state index contributed by atoms with van der Waals surface area (Å²) >= 11 is 5.99. The van der Waals surface area contributed by atoms with Crippen molar-refractivity contribution in [3.63, 3.8) is 0 Å². The molecule has 0 bridgehead atoms. The number of carbonyl (C=O) groups excluding carboxylic acids is 1. The summed E-state index contributed by atoms with van der Waals surface area (Å²) in [5.41, 5.74) is 1.88. The molecule has 4 rings (SSSR count). The number of carboxylic acids is 1. The third kappa shape index (κ3) is 5.20. The molecule has 3 aromatic rings. The zero-order valence-corrected chi connectivity index (χ0v) is 19.6. The highest BCUT2D eigenvalue weighted by atomic mass is 35.5. The molecule has 1 atom stereocenters. The molecule has 1 unspecified atom stereocenters. The Labute approximate surface area is 201 Å². The fourth-order valence-corrected chi connectivity index (χ4v) is 4.32. The van der Waals surface area contributed by atoms with Gasteiger partial charge >= 0.3 is 5.97 Å². The number of rotatable bonds is 8. The molecule has 3 heterocycles. The summed E-state index contributed by atoms with van der Waals surface area (Å²) in [6.45, 7) is 3.05. The molecule has 1 aromatic carbocycles. The minimum atomic E-state index is -1.06. The molecule has 0 saturated carbocycles. The third-order valence-electron chi connectivity index (χ3n) is 6.04. The number of carboxylic acid groups (broad SMARTS) is 1. The number of hydrogen-bond donors (Lipinski definition) is 2. The van der Waals surface area contributed by atoms with Crippen LogP contribution in [0.3, 0.4) is 0 Å². The highest BCUT2D eigenvalue weighted by Gasteiger charge is 2.31. The van der Waals surface area contributed by atoms with E-state index in [4.69, 9.17) is 21.7 Å². The summed E-state index contributed by atoms with van der Waals surface area (Å²) < 4.78 is 1.45. The number of aromatic amines is 1. The van der Waals surface area contributed by atoms with Crippen LogP contribution < -0.4 is 5.56 Å². The first-order valence-corrected chi connectivity index (χ1v) is 11.7. The van der Waals surface area contributed by atoms with Gasteiger partial charge in [0.25, 0.3) is 5.56 Å². The van der Waals surface area contributed by atoms with Crippen molar-refractivity contribution < 1.29 is 14.7 Å². The van der Waals surface area contributed by atoms with E-state index in [-0.39, 0.29) is 42.5 Å². The van der Waals surface area contributed by atoms with Crippen molar-refractivity contribution in [1.82, 2.24) is 24.6 Å². The summed E-state index contributed by atoms with van der Waals surface area (Å²) in [4.78, 5) is 46.4. The Hall–Kier alpha value is -3.46. The van der Waals surface area contributed by atoms with Gasteiger partial charge in [-0.25, -0.2) is 9.78 Å². The van der Waals surface area contributed by atoms with Gasteiger partial charge in [-0.3, -0.25) is 14.3 Å². The van der Waals surface area contributed by atoms with Gasteiger partial charge in [-0.05, 0) is 30.7 Å². The Balaban J connectivity index is 1.56. The highest BCUT2D eigenvalue weighted by molar-refractivity contribution is 6.30. The molecule has 1 aliphatic rings. The molecule has 178 valence electrons. The summed E-state index contributed by atoms with van der Waals surface area (Å²) in [5, 5.41) is 13.6. The van der Waals surface area contributed by atoms with E-state index in [1.165, 1.54) is 17.1 Å². The Morgan fingerprint density at radius 2 is 2.03 bits per heavy atom. The lowest BCUT2D eigenvalue weighted by Crippen LogP contribution is -2.42. The van der Waals surface area contributed by atoms with Crippen molar-refractivity contribution in [2.75, 3.05) is 6.54 Å². The van der Waals surface area contributed by atoms with E-state index in [0.717, 1.165) is 30.5 Å². The molecule has 0 spiro atoms. The molecule has 34 heavy (non-hydrogen) atoms. The third-order valence-corrected chi connectivity index (χ3v) is 6.29. The highest BCUT2D eigenvalue weighted by Crippen LogP contribution is 2.31. The summed E-state index contributed by atoms with van der Waals surface area (Å²) in [6.07, 6.45) is 5.60. The summed E-state index contributed by atoms with van der Waals surface area (Å²) in [5.74, 6) is -0.715. The zero-order chi connectivity index (χ0) is 24.2. The summed E-state index contributed by atoms with van der Waals surface area (Å²) in [6, 6.07) is 7.14. The van der Waals surface area contributed by atoms with E-state index in [1.807, 2.05) is 12.1 Å². The van der Waals surface area contributed by atoms with Crippen molar-refractivity contribution in [2.24, 2.45) is 0 Å². The molecule has 0 fully saturated rings. The summed E-state index contributed by atoms with van der Waals surface area (Å²) in [7, 11) is 0. The number of amides is 1. The maximum absolute atomic E-state index is 13.0. The van der Waals surface area contributed by atoms with Crippen LogP contribution in [0, 0.1) is 0 Å². The lowest BCUT2D eigenvalue weighted by Gasteiger charge is -2.34. The van der Waals surface area contributed by atoms with Gasteiger partial charge in [-0.2, -0.15) is 5.10 Å². The molecular weight excluding hydrogens is 458 g/mol. The van der Waals surface area contributed by atoms with Crippen LogP contribution in [0.1, 0.15) is 60.1 Å². The van der Waals surface area contributed by atoms with Crippen LogP contribution in [0.5, 0.6) is 0 Å². The van der Waals surface area contributed by atoms with Gasteiger partial charge in [0.15, 0.2) is 0 Å². The van der Waals surface area contributed by atoms with Crippen molar-refractivity contribution in [2.45, 2.75) is 51.6 Å². The molecule has 1 aliphatic heterocycles. The van der Waals surface area contributed by atoms with Gasteiger partial charge in [0, 0.05) is 42.2 Å². The first kappa shape index (κ1) is 23.7. The van der Waals surface area contributed by atoms with E-state index in [0.29, 0.717) is 23.0 Å². The maximum atomic E-state index is 13.0. The fourth-order valence-electron chi connectivity index (χ4n) is 4.19. The standard InChI is InChI=1S/C24H26ClN5O4/c1-2-3-4-16-12-29(20(31)9-10-30-13-17(11-26-30)24(33)34)14-19-21(16)27-22(28-23(19)32)15-5-7-18(25)8-6-15/h5-8,11,13,16H,2-4,9-10,12,14H2,1H3,(H,33,34)(H,27,28,32). The number of halogens is 1. The van der Waals surface area contributed by atoms with Gasteiger partial charge in [-0.15, -0.1) is 0 Å². The van der Waals surface area contributed by atoms with Gasteiger partial charge in [0.05, 0.1) is 29.6 Å². The number of H-pyrrole nitrogens is 1. The maximum Gasteiger partial charge on any atom is 0.338 e. The molecule has 9 nitrogen and oxygen atoms in total. The minimum Gasteiger partial charge on any atom is -0.478 e. The molecule has 0 radical (unpaired) electrons. The second kappa shape index (κ2) is 10.2. The van der Waals surface area contributed by atoms with Crippen LogP contribution in [0.25, 0.3) is 11.4 Å².